The second-order valence-corrected chi connectivity index (χ2v) is 9.21. The van der Waals surface area contributed by atoms with E-state index in [1.165, 1.54) is 11.1 Å². The Bertz CT molecular complexity index is 822. The molecule has 0 unspecified atom stereocenters. The summed E-state index contributed by atoms with van der Waals surface area (Å²) in [5.41, 5.74) is 2.53. The molecule has 0 bridgehead atoms. The molecule has 2 aromatic carbocycles. The molecule has 1 fully saturated rings. The molecule has 1 aliphatic rings. The molecule has 0 N–H and O–H groups in total. The van der Waals surface area contributed by atoms with Gasteiger partial charge in [-0.25, -0.2) is 8.42 Å². The summed E-state index contributed by atoms with van der Waals surface area (Å²) in [6.07, 6.45) is 0.843. The first-order valence-electron chi connectivity index (χ1n) is 8.49. The van der Waals surface area contributed by atoms with E-state index in [1.54, 1.807) is 22.5 Å². The summed E-state index contributed by atoms with van der Waals surface area (Å²) >= 11 is 3.36. The molecule has 0 saturated carbocycles. The molecule has 1 saturated heterocycles. The van der Waals surface area contributed by atoms with Crippen LogP contribution in [-0.2, 0) is 16.6 Å². The molecule has 134 valence electrons. The summed E-state index contributed by atoms with van der Waals surface area (Å²) in [7, 11) is -3.46. The van der Waals surface area contributed by atoms with Gasteiger partial charge in [0.05, 0.1) is 4.90 Å². The van der Waals surface area contributed by atoms with E-state index in [0.29, 0.717) is 22.5 Å². The van der Waals surface area contributed by atoms with Crippen LogP contribution in [0.3, 0.4) is 0 Å². The Labute approximate surface area is 158 Å². The van der Waals surface area contributed by atoms with Crippen LogP contribution < -0.4 is 0 Å². The Hall–Kier alpha value is -1.21. The zero-order valence-corrected chi connectivity index (χ0v) is 16.8. The summed E-state index contributed by atoms with van der Waals surface area (Å²) < 4.78 is 28.1. The maximum absolute atomic E-state index is 12.9. The first-order valence-corrected chi connectivity index (χ1v) is 10.7. The van der Waals surface area contributed by atoms with Gasteiger partial charge in [-0.05, 0) is 53.5 Å². The largest absolute Gasteiger partial charge is 0.298 e. The number of aryl methyl sites for hydroxylation is 1. The normalized spacial score (nSPS) is 17.4. The molecule has 6 heteroatoms. The molecule has 0 radical (unpaired) electrons. The summed E-state index contributed by atoms with van der Waals surface area (Å²) in [4.78, 5) is 2.68. The monoisotopic (exact) mass is 422 g/mol. The molecule has 4 nitrogen and oxygen atoms in total. The van der Waals surface area contributed by atoms with E-state index in [9.17, 15) is 8.42 Å². The molecule has 0 aromatic heterocycles. The summed E-state index contributed by atoms with van der Waals surface area (Å²) in [6, 6.07) is 15.6. The SMILES string of the molecule is Cc1ccc(CN2CCCN(S(=O)(=O)c3ccccc3Br)CC2)cc1. The Morgan fingerprint density at radius 3 is 2.40 bits per heavy atom. The second-order valence-electron chi connectivity index (χ2n) is 6.45. The first kappa shape index (κ1) is 18.6. The smallest absolute Gasteiger partial charge is 0.244 e. The van der Waals surface area contributed by atoms with Gasteiger partial charge >= 0.3 is 0 Å². The van der Waals surface area contributed by atoms with Crippen LogP contribution in [0.15, 0.2) is 57.9 Å². The van der Waals surface area contributed by atoms with Crippen LogP contribution >= 0.6 is 15.9 Å². The predicted octanol–water partition coefficient (Wildman–Crippen LogP) is 3.65. The first-order chi connectivity index (χ1) is 12.0. The van der Waals surface area contributed by atoms with E-state index in [2.05, 4.69) is 52.0 Å². The van der Waals surface area contributed by atoms with Crippen molar-refractivity contribution in [3.05, 3.63) is 64.1 Å². The van der Waals surface area contributed by atoms with Gasteiger partial charge in [0.25, 0.3) is 0 Å². The molecule has 3 rings (SSSR count). The zero-order chi connectivity index (χ0) is 17.9. The standard InChI is InChI=1S/C19H23BrN2O2S/c1-16-7-9-17(10-8-16)15-21-11-4-12-22(14-13-21)25(23,24)19-6-3-2-5-18(19)20/h2-3,5-10H,4,11-15H2,1H3. The molecule has 25 heavy (non-hydrogen) atoms. The van der Waals surface area contributed by atoms with Gasteiger partial charge in [0, 0.05) is 30.7 Å². The van der Waals surface area contributed by atoms with Crippen LogP contribution in [0.25, 0.3) is 0 Å². The molecule has 0 spiro atoms. The van der Waals surface area contributed by atoms with E-state index in [1.807, 2.05) is 6.07 Å². The average molecular weight is 423 g/mol. The van der Waals surface area contributed by atoms with Crippen molar-refractivity contribution in [1.82, 2.24) is 9.21 Å². The number of sulfonamides is 1. The van der Waals surface area contributed by atoms with Crippen LogP contribution in [-0.4, -0.2) is 43.8 Å². The fourth-order valence-corrected chi connectivity index (χ4v) is 5.52. The highest BCUT2D eigenvalue weighted by molar-refractivity contribution is 9.10. The average Bonchev–Trinajstić information content (AvgIpc) is 2.83. The van der Waals surface area contributed by atoms with E-state index in [0.717, 1.165) is 26.1 Å². The van der Waals surface area contributed by atoms with Crippen molar-refractivity contribution in [2.24, 2.45) is 0 Å². The lowest BCUT2D eigenvalue weighted by atomic mass is 10.1. The van der Waals surface area contributed by atoms with Crippen molar-refractivity contribution >= 4 is 26.0 Å². The van der Waals surface area contributed by atoms with Gasteiger partial charge in [-0.15, -0.1) is 0 Å². The van der Waals surface area contributed by atoms with Crippen molar-refractivity contribution in [1.29, 1.82) is 0 Å². The van der Waals surface area contributed by atoms with Gasteiger partial charge in [0.15, 0.2) is 0 Å². The maximum Gasteiger partial charge on any atom is 0.244 e. The zero-order valence-electron chi connectivity index (χ0n) is 14.4. The molecule has 0 amide bonds. The van der Waals surface area contributed by atoms with Crippen LogP contribution in [0.4, 0.5) is 0 Å². The third-order valence-electron chi connectivity index (χ3n) is 4.53. The minimum atomic E-state index is -3.46. The second kappa shape index (κ2) is 7.99. The van der Waals surface area contributed by atoms with E-state index in [-0.39, 0.29) is 0 Å². The number of hydrogen-bond donors (Lipinski definition) is 0. The van der Waals surface area contributed by atoms with Crippen molar-refractivity contribution in [2.45, 2.75) is 24.8 Å². The van der Waals surface area contributed by atoms with Crippen molar-refractivity contribution < 1.29 is 8.42 Å². The molecule has 0 aliphatic carbocycles. The van der Waals surface area contributed by atoms with Crippen LogP contribution in [0, 0.1) is 6.92 Å². The summed E-state index contributed by atoms with van der Waals surface area (Å²) in [5.74, 6) is 0. The highest BCUT2D eigenvalue weighted by Crippen LogP contribution is 2.25. The van der Waals surface area contributed by atoms with Crippen molar-refractivity contribution in [3.8, 4) is 0 Å². The lowest BCUT2D eigenvalue weighted by Crippen LogP contribution is -2.35. The Balaban J connectivity index is 1.69. The molecule has 0 atom stereocenters. The van der Waals surface area contributed by atoms with Gasteiger partial charge in [-0.3, -0.25) is 4.90 Å². The molecular formula is C19H23BrN2O2S. The van der Waals surface area contributed by atoms with Crippen molar-refractivity contribution in [2.75, 3.05) is 26.2 Å². The van der Waals surface area contributed by atoms with Gasteiger partial charge in [0.1, 0.15) is 0 Å². The Morgan fingerprint density at radius 1 is 0.960 bits per heavy atom. The van der Waals surface area contributed by atoms with Crippen molar-refractivity contribution in [3.63, 3.8) is 0 Å². The highest BCUT2D eigenvalue weighted by atomic mass is 79.9. The van der Waals surface area contributed by atoms with Crippen LogP contribution in [0.1, 0.15) is 17.5 Å². The minimum Gasteiger partial charge on any atom is -0.298 e. The quantitative estimate of drug-likeness (QED) is 0.754. The lowest BCUT2D eigenvalue weighted by molar-refractivity contribution is 0.278. The highest BCUT2D eigenvalue weighted by Gasteiger charge is 2.28. The lowest BCUT2D eigenvalue weighted by Gasteiger charge is -2.22. The number of halogens is 1. The number of nitrogens with zero attached hydrogens (tertiary/aromatic N) is 2. The minimum absolute atomic E-state index is 0.349. The van der Waals surface area contributed by atoms with E-state index in [4.69, 9.17) is 0 Å². The fraction of sp³-hybridized carbons (Fsp3) is 0.368. The number of hydrogen-bond acceptors (Lipinski definition) is 3. The molecule has 1 heterocycles. The molecular weight excluding hydrogens is 400 g/mol. The summed E-state index contributed by atoms with van der Waals surface area (Å²) in [5, 5.41) is 0. The maximum atomic E-state index is 12.9. The topological polar surface area (TPSA) is 40.6 Å². The van der Waals surface area contributed by atoms with Gasteiger partial charge in [0.2, 0.25) is 10.0 Å². The third kappa shape index (κ3) is 4.50. The third-order valence-corrected chi connectivity index (χ3v) is 7.44. The number of benzene rings is 2. The summed E-state index contributed by atoms with van der Waals surface area (Å²) in [6.45, 7) is 5.69. The van der Waals surface area contributed by atoms with E-state index < -0.39 is 10.0 Å². The van der Waals surface area contributed by atoms with Crippen LogP contribution in [0.5, 0.6) is 0 Å². The Morgan fingerprint density at radius 2 is 1.68 bits per heavy atom. The predicted molar refractivity (Wildman–Crippen MR) is 104 cm³/mol. The molecule has 2 aromatic rings. The van der Waals surface area contributed by atoms with Crippen LogP contribution in [0.2, 0.25) is 0 Å². The Kier molecular flexibility index (Phi) is 5.94. The molecule has 1 aliphatic heterocycles. The fourth-order valence-electron chi connectivity index (χ4n) is 3.09. The number of rotatable bonds is 4. The van der Waals surface area contributed by atoms with E-state index >= 15 is 0 Å². The van der Waals surface area contributed by atoms with Gasteiger partial charge in [-0.1, -0.05) is 42.0 Å². The van der Waals surface area contributed by atoms with Gasteiger partial charge < -0.3 is 0 Å². The van der Waals surface area contributed by atoms with Gasteiger partial charge in [-0.2, -0.15) is 4.31 Å².